The summed E-state index contributed by atoms with van der Waals surface area (Å²) in [5.41, 5.74) is 0.794. The maximum Gasteiger partial charge on any atom is 0.281 e. The van der Waals surface area contributed by atoms with Gasteiger partial charge in [-0.2, -0.15) is 5.10 Å². The Morgan fingerprint density at radius 3 is 2.12 bits per heavy atom. The summed E-state index contributed by atoms with van der Waals surface area (Å²) < 4.78 is 37.6. The van der Waals surface area contributed by atoms with Crippen LogP contribution in [0.3, 0.4) is 0 Å². The Hall–Kier alpha value is -0.336. The highest BCUT2D eigenvalue weighted by Crippen LogP contribution is 2.48. The minimum Gasteiger partial charge on any atom is -0.408 e. The highest BCUT2D eigenvalue weighted by Gasteiger charge is 2.66. The van der Waals surface area contributed by atoms with E-state index in [2.05, 4.69) is 53.5 Å². The van der Waals surface area contributed by atoms with Crippen molar-refractivity contribution in [2.75, 3.05) is 27.5 Å². The third kappa shape index (κ3) is 5.65. The van der Waals surface area contributed by atoms with Crippen LogP contribution in [0, 0.1) is 0 Å². The van der Waals surface area contributed by atoms with Gasteiger partial charge in [0.25, 0.3) is 5.97 Å². The topological polar surface area (TPSA) is 71.0 Å². The molecule has 4 rings (SSSR count). The van der Waals surface area contributed by atoms with Crippen molar-refractivity contribution < 1.29 is 28.1 Å². The lowest BCUT2D eigenvalue weighted by molar-refractivity contribution is -0.491. The van der Waals surface area contributed by atoms with E-state index in [-0.39, 0.29) is 42.4 Å². The maximum absolute atomic E-state index is 6.86. The summed E-state index contributed by atoms with van der Waals surface area (Å²) >= 11 is 0. The highest BCUT2D eigenvalue weighted by molar-refractivity contribution is 6.76. The molecule has 0 radical (unpaired) electrons. The monoisotopic (exact) mass is 488 g/mol. The van der Waals surface area contributed by atoms with E-state index < -0.39 is 22.4 Å². The van der Waals surface area contributed by atoms with E-state index in [4.69, 9.17) is 33.2 Å². The first-order chi connectivity index (χ1) is 14.5. The van der Waals surface area contributed by atoms with Crippen LogP contribution in [0.15, 0.2) is 5.10 Å². The zero-order valence-electron chi connectivity index (χ0n) is 21.9. The van der Waals surface area contributed by atoms with Crippen LogP contribution in [0.25, 0.3) is 0 Å². The van der Waals surface area contributed by atoms with E-state index >= 15 is 0 Å². The molecule has 0 aromatic carbocycles. The third-order valence-corrected chi connectivity index (χ3v) is 12.9. The predicted octanol–water partition coefficient (Wildman–Crippen LogP) is 3.86. The van der Waals surface area contributed by atoms with Crippen LogP contribution in [-0.2, 0) is 28.1 Å². The Balaban J connectivity index is 1.82. The number of ether oxygens (including phenoxy) is 5. The Morgan fingerprint density at radius 2 is 1.59 bits per heavy atom. The maximum atomic E-state index is 6.86. The zero-order chi connectivity index (χ0) is 24.1. The zero-order valence-corrected chi connectivity index (χ0v) is 23.9. The molecule has 3 unspecified atom stereocenters. The summed E-state index contributed by atoms with van der Waals surface area (Å²) in [5, 5.41) is 6.57. The second-order valence-electron chi connectivity index (χ2n) is 12.2. The molecule has 10 heteroatoms. The Bertz CT molecular complexity index is 706. The number of nitrogens with zero attached hydrogens (tertiary/aromatic N) is 2. The van der Waals surface area contributed by atoms with Crippen molar-refractivity contribution in [3.8, 4) is 0 Å². The quantitative estimate of drug-likeness (QED) is 0.211. The first-order valence-electron chi connectivity index (χ1n) is 11.7. The molecule has 4 bridgehead atoms. The number of hydrazone groups is 1. The second-order valence-corrected chi connectivity index (χ2v) is 22.6. The predicted molar refractivity (Wildman–Crippen MR) is 130 cm³/mol. The SMILES string of the molecule is CN(C)/N=C1\[C@@H]2OC3(C)OC(C2O[Si](C)(C)C(C)(C)C)[C@H](OCOCC[Si](C)(C)C)[C@H]1O3. The normalized spacial score (nSPS) is 36.2. The van der Waals surface area contributed by atoms with E-state index in [1.54, 1.807) is 5.01 Å². The van der Waals surface area contributed by atoms with E-state index in [0.717, 1.165) is 11.8 Å². The molecule has 3 saturated heterocycles. The molecule has 0 N–H and O–H groups in total. The molecule has 0 spiro atoms. The Morgan fingerprint density at radius 1 is 1.00 bits per heavy atom. The third-order valence-electron chi connectivity index (χ3n) is 6.75. The van der Waals surface area contributed by atoms with Gasteiger partial charge in [-0.25, -0.2) is 0 Å². The molecule has 1 aliphatic carbocycles. The first-order valence-corrected chi connectivity index (χ1v) is 18.3. The van der Waals surface area contributed by atoms with Crippen LogP contribution in [-0.4, -0.2) is 91.1 Å². The fraction of sp³-hybridized carbons (Fsp3) is 0.955. The molecule has 6 atom stereocenters. The summed E-state index contributed by atoms with van der Waals surface area (Å²) in [7, 11) is 0.536. The molecule has 0 aromatic heterocycles. The van der Waals surface area contributed by atoms with Gasteiger partial charge in [0.15, 0.2) is 8.32 Å². The molecule has 3 heterocycles. The first kappa shape index (κ1) is 26.3. The molecule has 4 aliphatic rings. The lowest BCUT2D eigenvalue weighted by Gasteiger charge is -2.61. The molecule has 3 aliphatic heterocycles. The molecule has 0 amide bonds. The number of hydrogen-bond acceptors (Lipinski definition) is 8. The Labute approximate surface area is 196 Å². The van der Waals surface area contributed by atoms with Gasteiger partial charge in [0.05, 0.1) is 0 Å². The number of hydrogen-bond donors (Lipinski definition) is 0. The van der Waals surface area contributed by atoms with Crippen molar-refractivity contribution in [2.45, 2.75) is 108 Å². The van der Waals surface area contributed by atoms with Crippen LogP contribution in [0.5, 0.6) is 0 Å². The lowest BCUT2D eigenvalue weighted by atomic mass is 9.82. The van der Waals surface area contributed by atoms with Gasteiger partial charge in [-0.3, -0.25) is 0 Å². The van der Waals surface area contributed by atoms with Crippen LogP contribution < -0.4 is 0 Å². The highest BCUT2D eigenvalue weighted by atomic mass is 28.4. The standard InChI is InChI=1S/C22H44N2O6Si2/c1-21(2,3)32(10,11)30-20-17-15(23-24(5)6)16-18(19(20)29-22(4,27-16)28-17)26-14-25-12-13-31(7,8)9/h16-20H,12-14H2,1-11H3/b23-15-/t16-,17-,18+,19?,20?,22?/m0/s1. The van der Waals surface area contributed by atoms with E-state index in [0.29, 0.717) is 6.61 Å². The van der Waals surface area contributed by atoms with Crippen LogP contribution in [0.1, 0.15) is 27.7 Å². The van der Waals surface area contributed by atoms with Crippen molar-refractivity contribution in [3.63, 3.8) is 0 Å². The fourth-order valence-corrected chi connectivity index (χ4v) is 6.00. The van der Waals surface area contributed by atoms with Crippen LogP contribution in [0.2, 0.25) is 43.8 Å². The lowest BCUT2D eigenvalue weighted by Crippen LogP contribution is -2.78. The van der Waals surface area contributed by atoms with Gasteiger partial charge >= 0.3 is 0 Å². The van der Waals surface area contributed by atoms with Crippen molar-refractivity contribution in [3.05, 3.63) is 0 Å². The minimum absolute atomic E-state index is 0.0528. The summed E-state index contributed by atoms with van der Waals surface area (Å²) in [6.45, 7) is 20.9. The van der Waals surface area contributed by atoms with Gasteiger partial charge in [-0.1, -0.05) is 40.4 Å². The summed E-state index contributed by atoms with van der Waals surface area (Å²) in [6, 6.07) is 1.10. The number of rotatable bonds is 9. The summed E-state index contributed by atoms with van der Waals surface area (Å²) in [5.74, 6) is -1.11. The molecule has 4 fully saturated rings. The summed E-state index contributed by atoms with van der Waals surface area (Å²) in [4.78, 5) is 0. The van der Waals surface area contributed by atoms with Crippen molar-refractivity contribution in [1.82, 2.24) is 5.01 Å². The minimum atomic E-state index is -2.11. The molecular weight excluding hydrogens is 444 g/mol. The van der Waals surface area contributed by atoms with E-state index in [9.17, 15) is 0 Å². The molecule has 186 valence electrons. The van der Waals surface area contributed by atoms with Crippen molar-refractivity contribution in [1.29, 1.82) is 0 Å². The molecule has 32 heavy (non-hydrogen) atoms. The van der Waals surface area contributed by atoms with Crippen LogP contribution >= 0.6 is 0 Å². The van der Waals surface area contributed by atoms with Gasteiger partial charge in [0, 0.05) is 35.7 Å². The van der Waals surface area contributed by atoms with Crippen molar-refractivity contribution in [2.24, 2.45) is 5.10 Å². The second kappa shape index (κ2) is 9.03. The van der Waals surface area contributed by atoms with Gasteiger partial charge in [-0.05, 0) is 24.2 Å². The van der Waals surface area contributed by atoms with Gasteiger partial charge < -0.3 is 33.1 Å². The summed E-state index contributed by atoms with van der Waals surface area (Å²) in [6.07, 6.45) is -1.69. The van der Waals surface area contributed by atoms with Gasteiger partial charge in [0.2, 0.25) is 0 Å². The molecule has 0 aromatic rings. The molecule has 1 saturated carbocycles. The fourth-order valence-electron chi connectivity index (χ4n) is 3.95. The average Bonchev–Trinajstić information content (AvgIpc) is 2.59. The van der Waals surface area contributed by atoms with E-state index in [1.165, 1.54) is 0 Å². The molecule has 8 nitrogen and oxygen atoms in total. The largest absolute Gasteiger partial charge is 0.408 e. The van der Waals surface area contributed by atoms with E-state index in [1.807, 2.05) is 21.0 Å². The van der Waals surface area contributed by atoms with Crippen molar-refractivity contribution >= 4 is 22.1 Å². The Kier molecular flexibility index (Phi) is 7.41. The average molecular weight is 489 g/mol. The van der Waals surface area contributed by atoms with Gasteiger partial charge in [-0.15, -0.1) is 0 Å². The van der Waals surface area contributed by atoms with Crippen LogP contribution in [0.4, 0.5) is 0 Å². The molecular formula is C22H44N2O6Si2. The smallest absolute Gasteiger partial charge is 0.281 e. The van der Waals surface area contributed by atoms with Gasteiger partial charge in [0.1, 0.15) is 43.0 Å².